The third-order valence-corrected chi connectivity index (χ3v) is 4.06. The molecule has 5 nitrogen and oxygen atoms in total. The molecule has 2 aromatic rings. The van der Waals surface area contributed by atoms with Gasteiger partial charge < -0.3 is 24.3 Å². The number of nitrogens with one attached hydrogen (secondary N) is 1. The maximum Gasteiger partial charge on any atom is 0.161 e. The summed E-state index contributed by atoms with van der Waals surface area (Å²) in [7, 11) is 4.97. The van der Waals surface area contributed by atoms with Crippen LogP contribution in [-0.4, -0.2) is 34.5 Å². The van der Waals surface area contributed by atoms with Crippen LogP contribution in [0.2, 0.25) is 0 Å². The fourth-order valence-electron chi connectivity index (χ4n) is 2.65. The van der Waals surface area contributed by atoms with Crippen molar-refractivity contribution >= 4 is 0 Å². The van der Waals surface area contributed by atoms with Crippen molar-refractivity contribution in [3.8, 4) is 23.0 Å². The molecular weight excluding hydrogens is 330 g/mol. The van der Waals surface area contributed by atoms with E-state index in [-0.39, 0.29) is 0 Å². The number of hydrogen-bond donors (Lipinski definition) is 1. The molecule has 0 fully saturated rings. The summed E-state index contributed by atoms with van der Waals surface area (Å²) in [6, 6.07) is 12.1. The Labute approximate surface area is 156 Å². The minimum absolute atomic E-state index is 0.694. The van der Waals surface area contributed by atoms with E-state index in [0.29, 0.717) is 6.61 Å². The number of benzene rings is 2. The molecule has 0 radical (unpaired) electrons. The minimum atomic E-state index is 0.694. The number of methoxy groups -OCH3 is 3. The first kappa shape index (κ1) is 19.9. The highest BCUT2D eigenvalue weighted by molar-refractivity contribution is 5.43. The van der Waals surface area contributed by atoms with Gasteiger partial charge in [-0.05, 0) is 54.8 Å². The van der Waals surface area contributed by atoms with Crippen LogP contribution in [0.4, 0.5) is 0 Å². The van der Waals surface area contributed by atoms with Crippen molar-refractivity contribution in [3.05, 3.63) is 47.5 Å². The van der Waals surface area contributed by atoms with Crippen molar-refractivity contribution in [2.24, 2.45) is 0 Å². The predicted octanol–water partition coefficient (Wildman–Crippen LogP) is 3.83. The van der Waals surface area contributed by atoms with Crippen LogP contribution in [0, 0.1) is 0 Å². The van der Waals surface area contributed by atoms with Crippen LogP contribution in [0.25, 0.3) is 0 Å². The Bertz CT molecular complexity index is 688. The van der Waals surface area contributed by atoms with E-state index in [4.69, 9.17) is 18.9 Å². The van der Waals surface area contributed by atoms with E-state index in [1.54, 1.807) is 21.3 Å². The van der Waals surface area contributed by atoms with E-state index < -0.39 is 0 Å². The average Bonchev–Trinajstić information content (AvgIpc) is 2.69. The normalized spacial score (nSPS) is 10.5. The van der Waals surface area contributed by atoms with Crippen molar-refractivity contribution in [3.63, 3.8) is 0 Å². The molecular formula is C21H29NO4. The van der Waals surface area contributed by atoms with E-state index in [2.05, 4.69) is 24.4 Å². The molecule has 26 heavy (non-hydrogen) atoms. The Morgan fingerprint density at radius 3 is 2.08 bits per heavy atom. The first-order valence-corrected chi connectivity index (χ1v) is 8.93. The summed E-state index contributed by atoms with van der Waals surface area (Å²) in [6.45, 7) is 4.42. The molecule has 0 amide bonds. The molecule has 0 bridgehead atoms. The SMILES string of the molecule is CCCOc1ccc(CNCCc2ccc(OC)c(OC)c2)cc1OC. The lowest BCUT2D eigenvalue weighted by atomic mass is 10.1. The first-order chi connectivity index (χ1) is 12.7. The lowest BCUT2D eigenvalue weighted by molar-refractivity contribution is 0.294. The fraction of sp³-hybridized carbons (Fsp3) is 0.429. The van der Waals surface area contributed by atoms with E-state index in [0.717, 1.165) is 54.5 Å². The summed E-state index contributed by atoms with van der Waals surface area (Å²) < 4.78 is 21.7. The minimum Gasteiger partial charge on any atom is -0.493 e. The van der Waals surface area contributed by atoms with E-state index in [1.807, 2.05) is 24.3 Å². The van der Waals surface area contributed by atoms with Gasteiger partial charge in [0.2, 0.25) is 0 Å². The highest BCUT2D eigenvalue weighted by Crippen LogP contribution is 2.29. The highest BCUT2D eigenvalue weighted by atomic mass is 16.5. The topological polar surface area (TPSA) is 49.0 Å². The molecule has 0 unspecified atom stereocenters. The van der Waals surface area contributed by atoms with Crippen LogP contribution >= 0.6 is 0 Å². The molecule has 0 aliphatic carbocycles. The molecule has 2 rings (SSSR count). The van der Waals surface area contributed by atoms with Gasteiger partial charge in [0.15, 0.2) is 23.0 Å². The molecule has 0 aliphatic rings. The Morgan fingerprint density at radius 2 is 1.38 bits per heavy atom. The zero-order chi connectivity index (χ0) is 18.8. The van der Waals surface area contributed by atoms with Gasteiger partial charge in [-0.3, -0.25) is 0 Å². The second kappa shape index (κ2) is 10.6. The molecule has 0 heterocycles. The van der Waals surface area contributed by atoms with E-state index >= 15 is 0 Å². The van der Waals surface area contributed by atoms with Crippen molar-refractivity contribution in [2.45, 2.75) is 26.3 Å². The van der Waals surface area contributed by atoms with Crippen LogP contribution in [0.1, 0.15) is 24.5 Å². The van der Waals surface area contributed by atoms with Crippen molar-refractivity contribution in [1.29, 1.82) is 0 Å². The molecule has 0 atom stereocenters. The Kier molecular flexibility index (Phi) is 8.09. The smallest absolute Gasteiger partial charge is 0.161 e. The van der Waals surface area contributed by atoms with E-state index in [1.165, 1.54) is 5.56 Å². The molecule has 5 heteroatoms. The highest BCUT2D eigenvalue weighted by Gasteiger charge is 2.06. The molecule has 0 saturated carbocycles. The molecule has 142 valence electrons. The van der Waals surface area contributed by atoms with Gasteiger partial charge in [0, 0.05) is 6.54 Å². The molecule has 0 spiro atoms. The Balaban J connectivity index is 1.86. The van der Waals surface area contributed by atoms with Crippen LogP contribution in [-0.2, 0) is 13.0 Å². The monoisotopic (exact) mass is 359 g/mol. The predicted molar refractivity (Wildman–Crippen MR) is 104 cm³/mol. The zero-order valence-corrected chi connectivity index (χ0v) is 16.1. The van der Waals surface area contributed by atoms with Gasteiger partial charge in [-0.1, -0.05) is 19.1 Å². The fourth-order valence-corrected chi connectivity index (χ4v) is 2.65. The van der Waals surface area contributed by atoms with Crippen molar-refractivity contribution < 1.29 is 18.9 Å². The summed E-state index contributed by atoms with van der Waals surface area (Å²) in [6.07, 6.45) is 1.89. The maximum atomic E-state index is 5.69. The van der Waals surface area contributed by atoms with Gasteiger partial charge in [0.1, 0.15) is 0 Å². The molecule has 2 aromatic carbocycles. The van der Waals surface area contributed by atoms with Gasteiger partial charge in [0.05, 0.1) is 27.9 Å². The summed E-state index contributed by atoms with van der Waals surface area (Å²) >= 11 is 0. The van der Waals surface area contributed by atoms with Crippen LogP contribution in [0.3, 0.4) is 0 Å². The third-order valence-electron chi connectivity index (χ3n) is 4.06. The summed E-state index contributed by atoms with van der Waals surface area (Å²) in [5, 5.41) is 3.46. The van der Waals surface area contributed by atoms with Gasteiger partial charge in [-0.25, -0.2) is 0 Å². The van der Waals surface area contributed by atoms with Gasteiger partial charge in [0.25, 0.3) is 0 Å². The number of rotatable bonds is 11. The lowest BCUT2D eigenvalue weighted by Crippen LogP contribution is -2.16. The third kappa shape index (κ3) is 5.56. The second-order valence-electron chi connectivity index (χ2n) is 5.95. The Hall–Kier alpha value is -2.40. The summed E-state index contributed by atoms with van der Waals surface area (Å²) in [5.74, 6) is 3.08. The summed E-state index contributed by atoms with van der Waals surface area (Å²) in [5.41, 5.74) is 2.37. The van der Waals surface area contributed by atoms with Crippen molar-refractivity contribution in [2.75, 3.05) is 34.5 Å². The van der Waals surface area contributed by atoms with Gasteiger partial charge in [-0.2, -0.15) is 0 Å². The number of ether oxygens (including phenoxy) is 4. The van der Waals surface area contributed by atoms with Gasteiger partial charge >= 0.3 is 0 Å². The maximum absolute atomic E-state index is 5.69. The zero-order valence-electron chi connectivity index (χ0n) is 16.1. The molecule has 1 N–H and O–H groups in total. The molecule has 0 aliphatic heterocycles. The van der Waals surface area contributed by atoms with Crippen LogP contribution in [0.5, 0.6) is 23.0 Å². The van der Waals surface area contributed by atoms with Crippen molar-refractivity contribution in [1.82, 2.24) is 5.32 Å². The summed E-state index contributed by atoms with van der Waals surface area (Å²) in [4.78, 5) is 0. The van der Waals surface area contributed by atoms with E-state index in [9.17, 15) is 0 Å². The molecule has 0 aromatic heterocycles. The standard InChI is InChI=1S/C21H29NO4/c1-5-12-26-19-9-7-17(14-21(19)25-4)15-22-11-10-16-6-8-18(23-2)20(13-16)24-3/h6-9,13-14,22H,5,10-12,15H2,1-4H3. The second-order valence-corrected chi connectivity index (χ2v) is 5.95. The quantitative estimate of drug-likeness (QED) is 0.618. The molecule has 0 saturated heterocycles. The van der Waals surface area contributed by atoms with Crippen LogP contribution < -0.4 is 24.3 Å². The number of hydrogen-bond acceptors (Lipinski definition) is 5. The Morgan fingerprint density at radius 1 is 0.769 bits per heavy atom. The largest absolute Gasteiger partial charge is 0.493 e. The van der Waals surface area contributed by atoms with Gasteiger partial charge in [-0.15, -0.1) is 0 Å². The van der Waals surface area contributed by atoms with Crippen LogP contribution in [0.15, 0.2) is 36.4 Å². The first-order valence-electron chi connectivity index (χ1n) is 8.93. The average molecular weight is 359 g/mol. The lowest BCUT2D eigenvalue weighted by Gasteiger charge is -2.12.